The Morgan fingerprint density at radius 2 is 2.12 bits per heavy atom. The molecule has 0 radical (unpaired) electrons. The summed E-state index contributed by atoms with van der Waals surface area (Å²) in [6, 6.07) is 0. The molecule has 0 aromatic heterocycles. The number of carbonyl (C=O) groups is 1. The summed E-state index contributed by atoms with van der Waals surface area (Å²) in [5.74, 6) is -0.371. The number of hydrogen-bond donors (Lipinski definition) is 0. The summed E-state index contributed by atoms with van der Waals surface area (Å²) in [6.07, 6.45) is 5.46. The number of carbonyl (C=O) groups excluding carboxylic acids is 1. The van der Waals surface area contributed by atoms with Gasteiger partial charge in [-0.3, -0.25) is 14.3 Å². The third kappa shape index (κ3) is 4.10. The Kier molecular flexibility index (Phi) is 5.22. The lowest BCUT2D eigenvalue weighted by Gasteiger charge is -2.42. The average molecular weight is 230 g/mol. The lowest BCUT2D eigenvalue weighted by molar-refractivity contribution is -0.519. The highest BCUT2D eigenvalue weighted by Crippen LogP contribution is 2.32. The van der Waals surface area contributed by atoms with Crippen LogP contribution in [0, 0.1) is 5.92 Å². The van der Waals surface area contributed by atoms with Gasteiger partial charge >= 0.3 is 5.97 Å². The second kappa shape index (κ2) is 6.21. The van der Waals surface area contributed by atoms with Crippen molar-refractivity contribution in [1.82, 2.24) is 0 Å². The van der Waals surface area contributed by atoms with E-state index < -0.39 is 5.97 Å². The maximum absolute atomic E-state index is 10.1. The van der Waals surface area contributed by atoms with Gasteiger partial charge in [-0.2, -0.15) is 0 Å². The SMILES string of the molecule is CCCC(C)CCCC1OC(C)(OC=O)O1. The van der Waals surface area contributed by atoms with E-state index in [0.29, 0.717) is 6.47 Å². The molecule has 0 aliphatic carbocycles. The number of hydrogen-bond acceptors (Lipinski definition) is 4. The molecule has 0 saturated carbocycles. The van der Waals surface area contributed by atoms with Crippen LogP contribution in [0.15, 0.2) is 0 Å². The quantitative estimate of drug-likeness (QED) is 0.601. The van der Waals surface area contributed by atoms with E-state index in [1.807, 2.05) is 0 Å². The normalized spacial score (nSPS) is 30.6. The van der Waals surface area contributed by atoms with Crippen molar-refractivity contribution in [2.24, 2.45) is 5.92 Å². The van der Waals surface area contributed by atoms with Crippen molar-refractivity contribution in [3.63, 3.8) is 0 Å². The van der Waals surface area contributed by atoms with Crippen LogP contribution in [0.3, 0.4) is 0 Å². The standard InChI is InChI=1S/C12H22O4/c1-4-6-10(2)7-5-8-11-15-12(3,16-11)14-9-13/h9-11H,4-8H2,1-3H3. The van der Waals surface area contributed by atoms with Gasteiger partial charge in [0.05, 0.1) is 0 Å². The van der Waals surface area contributed by atoms with Crippen molar-refractivity contribution in [3.8, 4) is 0 Å². The zero-order chi connectivity index (χ0) is 12.0. The van der Waals surface area contributed by atoms with Gasteiger partial charge in [-0.15, -0.1) is 0 Å². The van der Waals surface area contributed by atoms with Gasteiger partial charge < -0.3 is 4.74 Å². The Morgan fingerprint density at radius 1 is 1.44 bits per heavy atom. The molecule has 1 fully saturated rings. The monoisotopic (exact) mass is 230 g/mol. The Labute approximate surface area is 97.2 Å². The highest BCUT2D eigenvalue weighted by atomic mass is 17.0. The van der Waals surface area contributed by atoms with Crippen LogP contribution in [-0.4, -0.2) is 18.7 Å². The Hall–Kier alpha value is -0.610. The molecular weight excluding hydrogens is 208 g/mol. The lowest BCUT2D eigenvalue weighted by atomic mass is 9.99. The second-order valence-corrected chi connectivity index (χ2v) is 4.57. The topological polar surface area (TPSA) is 44.8 Å². The summed E-state index contributed by atoms with van der Waals surface area (Å²) >= 11 is 0. The lowest BCUT2D eigenvalue weighted by Crippen LogP contribution is -2.53. The van der Waals surface area contributed by atoms with Crippen LogP contribution in [0.1, 0.15) is 52.9 Å². The predicted molar refractivity (Wildman–Crippen MR) is 59.4 cm³/mol. The molecular formula is C12H22O4. The molecule has 0 spiro atoms. The molecule has 1 rings (SSSR count). The van der Waals surface area contributed by atoms with Crippen LogP contribution in [0.4, 0.5) is 0 Å². The molecule has 4 nitrogen and oxygen atoms in total. The van der Waals surface area contributed by atoms with Crippen molar-refractivity contribution in [1.29, 1.82) is 0 Å². The first-order valence-corrected chi connectivity index (χ1v) is 6.06. The molecule has 1 aliphatic rings. The van der Waals surface area contributed by atoms with E-state index in [2.05, 4.69) is 18.6 Å². The summed E-state index contributed by atoms with van der Waals surface area (Å²) in [4.78, 5) is 10.1. The third-order valence-electron chi connectivity index (χ3n) is 2.87. The molecule has 0 aromatic carbocycles. The van der Waals surface area contributed by atoms with E-state index in [1.165, 1.54) is 19.3 Å². The Morgan fingerprint density at radius 3 is 2.69 bits per heavy atom. The minimum Gasteiger partial charge on any atom is -0.410 e. The fourth-order valence-corrected chi connectivity index (χ4v) is 2.02. The maximum Gasteiger partial charge on any atom is 0.330 e. The molecule has 1 saturated heterocycles. The summed E-state index contributed by atoms with van der Waals surface area (Å²) in [5, 5.41) is 0. The highest BCUT2D eigenvalue weighted by Gasteiger charge is 2.44. The molecule has 1 unspecified atom stereocenters. The van der Waals surface area contributed by atoms with Crippen molar-refractivity contribution >= 4 is 6.47 Å². The predicted octanol–water partition coefficient (Wildman–Crippen LogP) is 2.81. The first-order chi connectivity index (χ1) is 7.59. The van der Waals surface area contributed by atoms with E-state index in [9.17, 15) is 4.79 Å². The van der Waals surface area contributed by atoms with Gasteiger partial charge in [0.2, 0.25) is 0 Å². The second-order valence-electron chi connectivity index (χ2n) is 4.57. The van der Waals surface area contributed by atoms with Crippen molar-refractivity contribution in [2.45, 2.75) is 65.1 Å². The van der Waals surface area contributed by atoms with E-state index >= 15 is 0 Å². The van der Waals surface area contributed by atoms with E-state index in [4.69, 9.17) is 9.47 Å². The van der Waals surface area contributed by atoms with Gasteiger partial charge in [0.15, 0.2) is 6.29 Å². The molecule has 1 atom stereocenters. The zero-order valence-electron chi connectivity index (χ0n) is 10.4. The summed E-state index contributed by atoms with van der Waals surface area (Å²) in [7, 11) is 0. The van der Waals surface area contributed by atoms with E-state index in [0.717, 1.165) is 18.8 Å². The van der Waals surface area contributed by atoms with Gasteiger partial charge in [-0.1, -0.05) is 33.1 Å². The van der Waals surface area contributed by atoms with Crippen LogP contribution in [0.5, 0.6) is 0 Å². The van der Waals surface area contributed by atoms with Crippen LogP contribution in [0.25, 0.3) is 0 Å². The van der Waals surface area contributed by atoms with Crippen molar-refractivity contribution in [3.05, 3.63) is 0 Å². The Bertz CT molecular complexity index is 211. The van der Waals surface area contributed by atoms with Gasteiger partial charge in [-0.25, -0.2) is 0 Å². The summed E-state index contributed by atoms with van der Waals surface area (Å²) in [6.45, 7) is 6.42. The number of rotatable bonds is 8. The van der Waals surface area contributed by atoms with E-state index in [-0.39, 0.29) is 6.29 Å². The molecule has 0 bridgehead atoms. The number of ether oxygens (including phenoxy) is 3. The summed E-state index contributed by atoms with van der Waals surface area (Å²) in [5.41, 5.74) is 0. The molecule has 1 heterocycles. The highest BCUT2D eigenvalue weighted by molar-refractivity contribution is 5.37. The van der Waals surface area contributed by atoms with Crippen LogP contribution in [-0.2, 0) is 19.0 Å². The maximum atomic E-state index is 10.1. The van der Waals surface area contributed by atoms with Crippen LogP contribution >= 0.6 is 0 Å². The minimum atomic E-state index is -1.14. The van der Waals surface area contributed by atoms with Crippen molar-refractivity contribution in [2.75, 3.05) is 0 Å². The Balaban J connectivity index is 2.03. The fourth-order valence-electron chi connectivity index (χ4n) is 2.02. The molecule has 0 aromatic rings. The van der Waals surface area contributed by atoms with Gasteiger partial charge in [0.25, 0.3) is 6.47 Å². The fraction of sp³-hybridized carbons (Fsp3) is 0.917. The first-order valence-electron chi connectivity index (χ1n) is 6.06. The van der Waals surface area contributed by atoms with Gasteiger partial charge in [-0.05, 0) is 18.8 Å². The molecule has 1 aliphatic heterocycles. The average Bonchev–Trinajstić information content (AvgIpc) is 2.16. The van der Waals surface area contributed by atoms with Gasteiger partial charge in [0, 0.05) is 6.92 Å². The van der Waals surface area contributed by atoms with E-state index in [1.54, 1.807) is 6.92 Å². The van der Waals surface area contributed by atoms with Crippen LogP contribution in [0.2, 0.25) is 0 Å². The molecule has 0 N–H and O–H groups in total. The first kappa shape index (κ1) is 13.5. The largest absolute Gasteiger partial charge is 0.410 e. The molecule has 0 amide bonds. The zero-order valence-corrected chi connectivity index (χ0v) is 10.4. The minimum absolute atomic E-state index is 0.209. The van der Waals surface area contributed by atoms with Crippen LogP contribution < -0.4 is 0 Å². The summed E-state index contributed by atoms with van der Waals surface area (Å²) < 4.78 is 15.3. The molecule has 4 heteroatoms. The third-order valence-corrected chi connectivity index (χ3v) is 2.87. The van der Waals surface area contributed by atoms with Gasteiger partial charge in [0.1, 0.15) is 0 Å². The smallest absolute Gasteiger partial charge is 0.330 e. The molecule has 16 heavy (non-hydrogen) atoms. The molecule has 94 valence electrons. The van der Waals surface area contributed by atoms with Crippen molar-refractivity contribution < 1.29 is 19.0 Å².